The number of hydrogen-bond donors (Lipinski definition) is 2. The average molecular weight is 434 g/mol. The highest BCUT2D eigenvalue weighted by Crippen LogP contribution is 2.29. The number of furan rings is 1. The van der Waals surface area contributed by atoms with Gasteiger partial charge >= 0.3 is 0 Å². The molecular formula is C22H18N4O4S. The fourth-order valence-corrected chi connectivity index (χ4v) is 4.16. The number of nitrogens with zero attached hydrogens (tertiary/aromatic N) is 2. The maximum Gasteiger partial charge on any atom is 0.287 e. The van der Waals surface area contributed by atoms with Crippen LogP contribution in [0.15, 0.2) is 59.3 Å². The monoisotopic (exact) mass is 434 g/mol. The van der Waals surface area contributed by atoms with Gasteiger partial charge in [0, 0.05) is 29.1 Å². The van der Waals surface area contributed by atoms with Gasteiger partial charge in [0.2, 0.25) is 5.78 Å². The van der Waals surface area contributed by atoms with E-state index in [2.05, 4.69) is 14.7 Å². The van der Waals surface area contributed by atoms with Crippen LogP contribution in [0.4, 0.5) is 0 Å². The van der Waals surface area contributed by atoms with Gasteiger partial charge < -0.3 is 15.5 Å². The van der Waals surface area contributed by atoms with E-state index in [1.165, 1.54) is 6.26 Å². The number of Topliss-reactive ketones (excluding diaryl/α,β-unsaturated/α-hetero) is 1. The summed E-state index contributed by atoms with van der Waals surface area (Å²) in [4.78, 5) is 41.8. The summed E-state index contributed by atoms with van der Waals surface area (Å²) >= 11 is 1.00. The Balaban J connectivity index is 1.65. The molecule has 1 aromatic carbocycles. The second-order valence-corrected chi connectivity index (χ2v) is 7.68. The van der Waals surface area contributed by atoms with Crippen molar-refractivity contribution in [3.63, 3.8) is 0 Å². The maximum absolute atomic E-state index is 13.1. The molecule has 8 nitrogen and oxygen atoms in total. The number of aromatic nitrogens is 2. The molecule has 3 aromatic heterocycles. The highest BCUT2D eigenvalue weighted by atomic mass is 32.1. The Morgan fingerprint density at radius 3 is 2.68 bits per heavy atom. The number of carbonyl (C=O) groups excluding carboxylic acids is 3. The number of carbonyl (C=O) groups is 3. The molecule has 1 atom stereocenters. The number of amides is 2. The lowest BCUT2D eigenvalue weighted by molar-refractivity contribution is -0.137. The molecular weight excluding hydrogens is 416 g/mol. The zero-order valence-corrected chi connectivity index (χ0v) is 17.3. The third-order valence-corrected chi connectivity index (χ3v) is 5.78. The molecule has 0 fully saturated rings. The smallest absolute Gasteiger partial charge is 0.287 e. The molecule has 2 amide bonds. The highest BCUT2D eigenvalue weighted by Gasteiger charge is 2.29. The lowest BCUT2D eigenvalue weighted by Crippen LogP contribution is -2.47. The van der Waals surface area contributed by atoms with Gasteiger partial charge in [0.25, 0.3) is 11.8 Å². The van der Waals surface area contributed by atoms with Crippen molar-refractivity contribution in [2.75, 3.05) is 0 Å². The van der Waals surface area contributed by atoms with Gasteiger partial charge in [0.05, 0.1) is 17.7 Å². The molecule has 3 heterocycles. The number of para-hydroxylation sites is 1. The van der Waals surface area contributed by atoms with E-state index in [0.29, 0.717) is 33.0 Å². The Kier molecular flexibility index (Phi) is 5.59. The summed E-state index contributed by atoms with van der Waals surface area (Å²) in [5.41, 5.74) is 8.39. The minimum atomic E-state index is -1.15. The van der Waals surface area contributed by atoms with Crippen LogP contribution in [0.3, 0.4) is 0 Å². The molecule has 0 aliphatic carbocycles. The van der Waals surface area contributed by atoms with Crippen molar-refractivity contribution >= 4 is 40.1 Å². The fourth-order valence-electron chi connectivity index (χ4n) is 3.35. The second kappa shape index (κ2) is 8.49. The zero-order chi connectivity index (χ0) is 22.0. The third-order valence-electron chi connectivity index (χ3n) is 4.84. The summed E-state index contributed by atoms with van der Waals surface area (Å²) < 4.78 is 9.77. The summed E-state index contributed by atoms with van der Waals surface area (Å²) in [6, 6.07) is 11.5. The SMILES string of the molecule is Cc1nsc(C(=O)NC(Cc2coc3ccccc23)C(=O)C(N)=O)c1-c1ccccn1. The van der Waals surface area contributed by atoms with Gasteiger partial charge in [-0.25, -0.2) is 0 Å². The number of ketones is 1. The largest absolute Gasteiger partial charge is 0.464 e. The Bertz CT molecular complexity index is 1280. The van der Waals surface area contributed by atoms with E-state index in [1.54, 1.807) is 31.3 Å². The van der Waals surface area contributed by atoms with E-state index in [9.17, 15) is 14.4 Å². The Labute approximate surface area is 181 Å². The molecule has 0 aliphatic rings. The quantitative estimate of drug-likeness (QED) is 0.430. The van der Waals surface area contributed by atoms with Gasteiger partial charge in [0.15, 0.2) is 0 Å². The second-order valence-electron chi connectivity index (χ2n) is 6.90. The van der Waals surface area contributed by atoms with Gasteiger partial charge in [0.1, 0.15) is 16.5 Å². The standard InChI is InChI=1S/C22H18N4O4S/c1-12-18(15-7-4-5-9-24-15)20(31-26-12)22(29)25-16(19(27)21(23)28)10-13-11-30-17-8-3-2-6-14(13)17/h2-9,11,16H,10H2,1H3,(H2,23,28)(H,25,29). The van der Waals surface area contributed by atoms with Crippen LogP contribution in [-0.4, -0.2) is 33.0 Å². The normalized spacial score (nSPS) is 11.9. The first-order valence-electron chi connectivity index (χ1n) is 9.43. The maximum atomic E-state index is 13.1. The van der Waals surface area contributed by atoms with Crippen molar-refractivity contribution < 1.29 is 18.8 Å². The van der Waals surface area contributed by atoms with Crippen LogP contribution in [0.1, 0.15) is 20.9 Å². The van der Waals surface area contributed by atoms with Crippen molar-refractivity contribution in [2.45, 2.75) is 19.4 Å². The number of fused-ring (bicyclic) bond motifs is 1. The van der Waals surface area contributed by atoms with Crippen LogP contribution < -0.4 is 11.1 Å². The van der Waals surface area contributed by atoms with Crippen LogP contribution in [-0.2, 0) is 16.0 Å². The molecule has 0 spiro atoms. The van der Waals surface area contributed by atoms with Crippen molar-refractivity contribution in [3.05, 3.63) is 71.1 Å². The predicted octanol–water partition coefficient (Wildman–Crippen LogP) is 2.66. The molecule has 9 heteroatoms. The minimum Gasteiger partial charge on any atom is -0.464 e. The van der Waals surface area contributed by atoms with Gasteiger partial charge in [-0.15, -0.1) is 0 Å². The lowest BCUT2D eigenvalue weighted by Gasteiger charge is -2.15. The van der Waals surface area contributed by atoms with Crippen molar-refractivity contribution in [1.29, 1.82) is 0 Å². The van der Waals surface area contributed by atoms with Crippen molar-refractivity contribution in [1.82, 2.24) is 14.7 Å². The molecule has 31 heavy (non-hydrogen) atoms. The minimum absolute atomic E-state index is 0.0568. The van der Waals surface area contributed by atoms with Crippen LogP contribution in [0.25, 0.3) is 22.2 Å². The Morgan fingerprint density at radius 1 is 1.16 bits per heavy atom. The van der Waals surface area contributed by atoms with E-state index in [0.717, 1.165) is 16.9 Å². The Hall–Kier alpha value is -3.85. The molecule has 1 unspecified atom stereocenters. The van der Waals surface area contributed by atoms with E-state index in [-0.39, 0.29) is 6.42 Å². The van der Waals surface area contributed by atoms with Gasteiger partial charge in [-0.05, 0) is 36.7 Å². The van der Waals surface area contributed by atoms with Crippen LogP contribution in [0, 0.1) is 6.92 Å². The molecule has 0 bridgehead atoms. The number of nitrogens with two attached hydrogens (primary N) is 1. The number of aryl methyl sites for hydroxylation is 1. The predicted molar refractivity (Wildman–Crippen MR) is 115 cm³/mol. The van der Waals surface area contributed by atoms with E-state index >= 15 is 0 Å². The number of nitrogens with one attached hydrogen (secondary N) is 1. The average Bonchev–Trinajstić information content (AvgIpc) is 3.37. The summed E-state index contributed by atoms with van der Waals surface area (Å²) in [6.07, 6.45) is 3.19. The van der Waals surface area contributed by atoms with Crippen LogP contribution in [0.5, 0.6) is 0 Å². The molecule has 0 saturated carbocycles. The van der Waals surface area contributed by atoms with E-state index in [4.69, 9.17) is 10.2 Å². The molecule has 0 aliphatic heterocycles. The third kappa shape index (κ3) is 4.08. The Morgan fingerprint density at radius 2 is 1.94 bits per heavy atom. The number of hydrogen-bond acceptors (Lipinski definition) is 7. The number of benzene rings is 1. The van der Waals surface area contributed by atoms with Gasteiger partial charge in [-0.1, -0.05) is 24.3 Å². The first-order chi connectivity index (χ1) is 15.0. The summed E-state index contributed by atoms with van der Waals surface area (Å²) in [5.74, 6) is -2.54. The van der Waals surface area contributed by atoms with Gasteiger partial charge in [-0.2, -0.15) is 4.37 Å². The number of pyridine rings is 1. The van der Waals surface area contributed by atoms with Crippen molar-refractivity contribution in [2.24, 2.45) is 5.73 Å². The van der Waals surface area contributed by atoms with Gasteiger partial charge in [-0.3, -0.25) is 19.4 Å². The van der Waals surface area contributed by atoms with Crippen molar-refractivity contribution in [3.8, 4) is 11.3 Å². The molecule has 4 aromatic rings. The van der Waals surface area contributed by atoms with Crippen LogP contribution >= 0.6 is 11.5 Å². The van der Waals surface area contributed by atoms with E-state index in [1.807, 2.05) is 24.3 Å². The first kappa shape index (κ1) is 20.4. The number of primary amides is 1. The van der Waals surface area contributed by atoms with Crippen LogP contribution in [0.2, 0.25) is 0 Å². The molecule has 4 rings (SSSR count). The topological polar surface area (TPSA) is 128 Å². The highest BCUT2D eigenvalue weighted by molar-refractivity contribution is 7.08. The van der Waals surface area contributed by atoms with E-state index < -0.39 is 23.6 Å². The molecule has 0 saturated heterocycles. The lowest BCUT2D eigenvalue weighted by atomic mass is 10.0. The summed E-state index contributed by atoms with van der Waals surface area (Å²) in [7, 11) is 0. The summed E-state index contributed by atoms with van der Waals surface area (Å²) in [6.45, 7) is 1.78. The number of rotatable bonds is 7. The molecule has 3 N–H and O–H groups in total. The fraction of sp³-hybridized carbons (Fsp3) is 0.136. The first-order valence-corrected chi connectivity index (χ1v) is 10.2. The summed E-state index contributed by atoms with van der Waals surface area (Å²) in [5, 5.41) is 3.45. The molecule has 0 radical (unpaired) electrons. The molecule has 156 valence electrons. The zero-order valence-electron chi connectivity index (χ0n) is 16.5.